The molecule has 16 heteroatoms. The van der Waals surface area contributed by atoms with Crippen molar-refractivity contribution in [3.8, 4) is 0 Å². The zero-order valence-corrected chi connectivity index (χ0v) is 26.1. The summed E-state index contributed by atoms with van der Waals surface area (Å²) in [4.78, 5) is 90.8. The Bertz CT molecular complexity index is 1060. The van der Waals surface area contributed by atoms with Crippen LogP contribution in [0.1, 0.15) is 53.4 Å². The molecule has 5 N–H and O–H groups in total. The highest BCUT2D eigenvalue weighted by molar-refractivity contribution is 7.80. The van der Waals surface area contributed by atoms with E-state index in [1.165, 1.54) is 23.6 Å². The van der Waals surface area contributed by atoms with Gasteiger partial charge in [0.05, 0.1) is 0 Å². The summed E-state index contributed by atoms with van der Waals surface area (Å²) in [5.41, 5.74) is 0. The summed E-state index contributed by atoms with van der Waals surface area (Å²) in [6, 6.07) is -5.98. The third-order valence-electron chi connectivity index (χ3n) is 7.31. The van der Waals surface area contributed by atoms with E-state index in [1.807, 2.05) is 0 Å². The van der Waals surface area contributed by atoms with E-state index in [2.05, 4.69) is 46.5 Å². The maximum Gasteiger partial charge on any atom is 0.326 e. The van der Waals surface area contributed by atoms with Gasteiger partial charge in [-0.25, -0.2) is 4.79 Å². The van der Waals surface area contributed by atoms with Crippen LogP contribution in [0.2, 0.25) is 0 Å². The SMILES string of the molecule is CC(=O)NC(C)C(=O)N1CCCC1C(=O)NC(CS)C(=O)NC(CS)C(=O)NC(C(=O)N1CCCC1C(=O)O)C(C)C. The van der Waals surface area contributed by atoms with E-state index in [0.29, 0.717) is 32.2 Å². The van der Waals surface area contributed by atoms with Crippen molar-refractivity contribution in [1.82, 2.24) is 31.1 Å². The topological polar surface area (TPSA) is 194 Å². The van der Waals surface area contributed by atoms with Crippen molar-refractivity contribution in [2.45, 2.75) is 89.6 Å². The Balaban J connectivity index is 2.05. The summed E-state index contributed by atoms with van der Waals surface area (Å²) in [7, 11) is 0. The zero-order valence-electron chi connectivity index (χ0n) is 24.3. The number of likely N-dealkylation sites (tertiary alicyclic amines) is 2. The molecule has 6 unspecified atom stereocenters. The number of carboxylic acid groups (broad SMARTS) is 1. The lowest BCUT2D eigenvalue weighted by atomic mass is 10.0. The monoisotopic (exact) mass is 630 g/mol. The summed E-state index contributed by atoms with van der Waals surface area (Å²) in [6.45, 7) is 6.82. The van der Waals surface area contributed by atoms with Gasteiger partial charge >= 0.3 is 5.97 Å². The molecule has 0 saturated carbocycles. The second kappa shape index (κ2) is 16.0. The Morgan fingerprint density at radius 1 is 0.762 bits per heavy atom. The minimum absolute atomic E-state index is 0.111. The predicted molar refractivity (Wildman–Crippen MR) is 159 cm³/mol. The Kier molecular flexibility index (Phi) is 13.4. The van der Waals surface area contributed by atoms with Crippen LogP contribution in [-0.4, -0.2) is 117 Å². The van der Waals surface area contributed by atoms with Crippen molar-refractivity contribution >= 4 is 66.7 Å². The van der Waals surface area contributed by atoms with Crippen molar-refractivity contribution in [3.63, 3.8) is 0 Å². The number of thiol groups is 2. The largest absolute Gasteiger partial charge is 0.480 e. The molecule has 0 radical (unpaired) electrons. The Morgan fingerprint density at radius 3 is 1.76 bits per heavy atom. The van der Waals surface area contributed by atoms with E-state index in [0.717, 1.165) is 0 Å². The number of rotatable bonds is 13. The van der Waals surface area contributed by atoms with Gasteiger partial charge in [0.25, 0.3) is 0 Å². The second-order valence-electron chi connectivity index (χ2n) is 10.9. The van der Waals surface area contributed by atoms with Gasteiger partial charge in [0.1, 0.15) is 36.3 Å². The molecule has 0 bridgehead atoms. The van der Waals surface area contributed by atoms with Gasteiger partial charge in [0, 0.05) is 31.5 Å². The number of nitrogens with one attached hydrogen (secondary N) is 4. The van der Waals surface area contributed by atoms with E-state index in [-0.39, 0.29) is 29.9 Å². The minimum atomic E-state index is -1.17. The van der Waals surface area contributed by atoms with E-state index >= 15 is 0 Å². The molecule has 0 aromatic carbocycles. The summed E-state index contributed by atoms with van der Waals surface area (Å²) in [6.07, 6.45) is 1.80. The average Bonchev–Trinajstić information content (AvgIpc) is 3.62. The van der Waals surface area contributed by atoms with Crippen molar-refractivity contribution in [3.05, 3.63) is 0 Å². The van der Waals surface area contributed by atoms with Crippen LogP contribution in [0, 0.1) is 5.92 Å². The summed E-state index contributed by atoms with van der Waals surface area (Å²) in [5.74, 6) is -5.01. The fourth-order valence-electron chi connectivity index (χ4n) is 5.08. The van der Waals surface area contributed by atoms with Crippen molar-refractivity contribution in [2.75, 3.05) is 24.6 Å². The number of aliphatic carboxylic acids is 1. The summed E-state index contributed by atoms with van der Waals surface area (Å²) in [5, 5.41) is 19.7. The summed E-state index contributed by atoms with van der Waals surface area (Å²) < 4.78 is 0. The van der Waals surface area contributed by atoms with Gasteiger partial charge in [-0.2, -0.15) is 25.3 Å². The van der Waals surface area contributed by atoms with E-state index in [1.54, 1.807) is 13.8 Å². The van der Waals surface area contributed by atoms with E-state index < -0.39 is 71.8 Å². The van der Waals surface area contributed by atoms with E-state index in [4.69, 9.17) is 0 Å². The molecule has 2 aliphatic rings. The summed E-state index contributed by atoms with van der Waals surface area (Å²) >= 11 is 8.34. The number of hydrogen-bond acceptors (Lipinski definition) is 9. The molecule has 2 rings (SSSR count). The van der Waals surface area contributed by atoms with Crippen LogP contribution in [-0.2, 0) is 33.6 Å². The molecule has 2 aliphatic heterocycles. The van der Waals surface area contributed by atoms with Gasteiger partial charge in [-0.3, -0.25) is 28.8 Å². The zero-order chi connectivity index (χ0) is 31.7. The van der Waals surface area contributed by atoms with Gasteiger partial charge in [-0.1, -0.05) is 13.8 Å². The minimum Gasteiger partial charge on any atom is -0.480 e. The molecule has 6 atom stereocenters. The van der Waals surface area contributed by atoms with Crippen LogP contribution in [0.25, 0.3) is 0 Å². The van der Waals surface area contributed by atoms with Crippen molar-refractivity contribution in [2.24, 2.45) is 5.92 Å². The molecule has 6 amide bonds. The highest BCUT2D eigenvalue weighted by Gasteiger charge is 2.40. The first-order valence-corrected chi connectivity index (χ1v) is 15.2. The smallest absolute Gasteiger partial charge is 0.326 e. The molecule has 0 aromatic heterocycles. The number of amides is 6. The molecular weight excluding hydrogens is 588 g/mol. The molecule has 42 heavy (non-hydrogen) atoms. The Labute approximate surface area is 256 Å². The van der Waals surface area contributed by atoms with E-state index in [9.17, 15) is 38.7 Å². The van der Waals surface area contributed by atoms with Gasteiger partial charge in [-0.15, -0.1) is 0 Å². The number of hydrogen-bond donors (Lipinski definition) is 7. The lowest BCUT2D eigenvalue weighted by Gasteiger charge is -2.31. The highest BCUT2D eigenvalue weighted by atomic mass is 32.1. The molecule has 0 aromatic rings. The van der Waals surface area contributed by atoms with Crippen LogP contribution in [0.3, 0.4) is 0 Å². The number of carbonyl (C=O) groups is 7. The number of carbonyl (C=O) groups excluding carboxylic acids is 6. The number of carboxylic acids is 1. The molecular formula is C26H42N6O8S2. The normalized spacial score (nSPS) is 21.2. The molecule has 2 fully saturated rings. The quantitative estimate of drug-likeness (QED) is 0.120. The van der Waals surface area contributed by atoms with Crippen molar-refractivity contribution < 1.29 is 38.7 Å². The maximum atomic E-state index is 13.2. The van der Waals surface area contributed by atoms with Gasteiger partial charge in [-0.05, 0) is 38.5 Å². The fraction of sp³-hybridized carbons (Fsp3) is 0.731. The molecule has 0 spiro atoms. The number of nitrogens with zero attached hydrogens (tertiary/aromatic N) is 2. The maximum absolute atomic E-state index is 13.2. The van der Waals surface area contributed by atoms with Crippen LogP contribution in [0.4, 0.5) is 0 Å². The third kappa shape index (κ3) is 8.99. The second-order valence-corrected chi connectivity index (χ2v) is 11.6. The average molecular weight is 631 g/mol. The third-order valence-corrected chi connectivity index (χ3v) is 8.04. The van der Waals surface area contributed by atoms with Crippen LogP contribution >= 0.6 is 25.3 Å². The lowest BCUT2D eigenvalue weighted by molar-refractivity contribution is -0.150. The van der Waals surface area contributed by atoms with Gasteiger partial charge in [0.2, 0.25) is 35.4 Å². The molecule has 2 saturated heterocycles. The molecule has 2 heterocycles. The molecule has 236 valence electrons. The van der Waals surface area contributed by atoms with Gasteiger partial charge in [0.15, 0.2) is 0 Å². The molecule has 0 aliphatic carbocycles. The Hall–Kier alpha value is -3.01. The van der Waals surface area contributed by atoms with Crippen LogP contribution in [0.15, 0.2) is 0 Å². The van der Waals surface area contributed by atoms with Crippen LogP contribution in [0.5, 0.6) is 0 Å². The van der Waals surface area contributed by atoms with Crippen molar-refractivity contribution in [1.29, 1.82) is 0 Å². The van der Waals surface area contributed by atoms with Crippen LogP contribution < -0.4 is 21.3 Å². The first kappa shape index (κ1) is 35.2. The van der Waals surface area contributed by atoms with Gasteiger partial charge < -0.3 is 36.2 Å². The first-order chi connectivity index (χ1) is 19.7. The lowest BCUT2D eigenvalue weighted by Crippen LogP contribution is -2.60. The Morgan fingerprint density at radius 2 is 1.26 bits per heavy atom. The highest BCUT2D eigenvalue weighted by Crippen LogP contribution is 2.21. The predicted octanol–water partition coefficient (Wildman–Crippen LogP) is -1.45. The first-order valence-electron chi connectivity index (χ1n) is 14.0. The standard InChI is InChI=1S/C26H42N6O8S2/c1-13(2)20(25(38)32-10-6-8-19(32)26(39)40)30-22(35)17(12-42)28-21(34)16(11-41)29-23(36)18-7-5-9-31(18)24(37)14(3)27-15(4)33/h13-14,16-20,41-42H,5-12H2,1-4H3,(H,27,33)(H,28,34)(H,29,36)(H,30,35)(H,39,40). The molecule has 14 nitrogen and oxygen atoms in total. The fourth-order valence-corrected chi connectivity index (χ4v) is 5.59.